The highest BCUT2D eigenvalue weighted by atomic mass is 35.5. The van der Waals surface area contributed by atoms with E-state index < -0.39 is 5.63 Å². The van der Waals surface area contributed by atoms with Crippen molar-refractivity contribution in [1.29, 1.82) is 0 Å². The van der Waals surface area contributed by atoms with Crippen LogP contribution in [0.2, 0.25) is 5.02 Å². The zero-order valence-corrected chi connectivity index (χ0v) is 11.6. The summed E-state index contributed by atoms with van der Waals surface area (Å²) in [6.45, 7) is 0. The number of furan rings is 1. The van der Waals surface area contributed by atoms with Gasteiger partial charge in [0, 0.05) is 10.6 Å². The molecular formula is C17H9ClO3. The number of hydrogen-bond donors (Lipinski definition) is 0. The molecule has 2 aromatic heterocycles. The average Bonchev–Trinajstić information content (AvgIpc) is 2.94. The normalized spacial score (nSPS) is 11.3. The van der Waals surface area contributed by atoms with Crippen LogP contribution in [0.3, 0.4) is 0 Å². The van der Waals surface area contributed by atoms with E-state index in [2.05, 4.69) is 0 Å². The number of para-hydroxylation sites is 1. The molecule has 4 heteroatoms. The van der Waals surface area contributed by atoms with E-state index in [0.29, 0.717) is 27.1 Å². The maximum atomic E-state index is 12.3. The van der Waals surface area contributed by atoms with Gasteiger partial charge < -0.3 is 8.83 Å². The van der Waals surface area contributed by atoms with Crippen molar-refractivity contribution in [1.82, 2.24) is 0 Å². The molecule has 4 aromatic rings. The molecule has 0 saturated carbocycles. The number of hydrogen-bond acceptors (Lipinski definition) is 3. The third-order valence-corrected chi connectivity index (χ3v) is 3.74. The van der Waals surface area contributed by atoms with Crippen molar-refractivity contribution in [2.45, 2.75) is 0 Å². The van der Waals surface area contributed by atoms with E-state index in [9.17, 15) is 4.79 Å². The lowest BCUT2D eigenvalue weighted by atomic mass is 10.1. The molecule has 4 rings (SSSR count). The van der Waals surface area contributed by atoms with Gasteiger partial charge in [-0.2, -0.15) is 0 Å². The van der Waals surface area contributed by atoms with Crippen LogP contribution in [0.15, 0.2) is 68.4 Å². The van der Waals surface area contributed by atoms with Gasteiger partial charge in [-0.25, -0.2) is 4.79 Å². The number of halogens is 1. The molecule has 0 atom stereocenters. The Hall–Kier alpha value is -2.52. The monoisotopic (exact) mass is 296 g/mol. The van der Waals surface area contributed by atoms with Gasteiger partial charge in [0.2, 0.25) is 0 Å². The fourth-order valence-corrected chi connectivity index (χ4v) is 2.62. The summed E-state index contributed by atoms with van der Waals surface area (Å²) in [7, 11) is 0. The minimum Gasteiger partial charge on any atom is -0.463 e. The second kappa shape index (κ2) is 4.50. The van der Waals surface area contributed by atoms with Crippen LogP contribution in [-0.4, -0.2) is 0 Å². The summed E-state index contributed by atoms with van der Waals surface area (Å²) >= 11 is 5.90. The molecule has 0 aliphatic rings. The molecule has 0 N–H and O–H groups in total. The first kappa shape index (κ1) is 12.2. The summed E-state index contributed by atoms with van der Waals surface area (Å²) in [4.78, 5) is 12.3. The maximum absolute atomic E-state index is 12.3. The van der Waals surface area contributed by atoms with Crippen LogP contribution >= 0.6 is 11.6 Å². The Kier molecular flexibility index (Phi) is 2.62. The predicted molar refractivity (Wildman–Crippen MR) is 82.7 cm³/mol. The van der Waals surface area contributed by atoms with Crippen LogP contribution in [0.4, 0.5) is 0 Å². The van der Waals surface area contributed by atoms with E-state index in [4.69, 9.17) is 20.4 Å². The highest BCUT2D eigenvalue weighted by Gasteiger charge is 2.16. The summed E-state index contributed by atoms with van der Waals surface area (Å²) in [6, 6.07) is 14.6. The van der Waals surface area contributed by atoms with Crippen molar-refractivity contribution in [2.75, 3.05) is 0 Å². The van der Waals surface area contributed by atoms with Crippen molar-refractivity contribution in [3.8, 4) is 11.1 Å². The van der Waals surface area contributed by atoms with E-state index in [0.717, 1.165) is 10.9 Å². The van der Waals surface area contributed by atoms with E-state index in [1.54, 1.807) is 24.5 Å². The summed E-state index contributed by atoms with van der Waals surface area (Å²) in [5.41, 5.74) is 2.24. The van der Waals surface area contributed by atoms with Gasteiger partial charge in [0.1, 0.15) is 11.0 Å². The standard InChI is InChI=1S/C17H9ClO3/c18-11-7-5-10(6-8-11)13-9-20-16-12-3-1-2-4-14(12)21-17(19)15(13)16/h1-9H. The Balaban J connectivity index is 2.11. The SMILES string of the molecule is O=c1oc2ccccc2c2occ(-c3ccc(Cl)cc3)c12. The van der Waals surface area contributed by atoms with Gasteiger partial charge in [0.05, 0.1) is 11.6 Å². The van der Waals surface area contributed by atoms with Crippen LogP contribution < -0.4 is 5.63 Å². The molecule has 0 aliphatic carbocycles. The highest BCUT2D eigenvalue weighted by Crippen LogP contribution is 2.32. The minimum atomic E-state index is -0.401. The molecule has 0 aliphatic heterocycles. The lowest BCUT2D eigenvalue weighted by molar-refractivity contribution is 0.564. The van der Waals surface area contributed by atoms with Crippen molar-refractivity contribution in [3.05, 3.63) is 70.2 Å². The van der Waals surface area contributed by atoms with Gasteiger partial charge in [-0.3, -0.25) is 0 Å². The zero-order valence-electron chi connectivity index (χ0n) is 10.8. The first-order chi connectivity index (χ1) is 10.2. The second-order valence-electron chi connectivity index (χ2n) is 4.75. The molecule has 21 heavy (non-hydrogen) atoms. The molecule has 3 nitrogen and oxygen atoms in total. The summed E-state index contributed by atoms with van der Waals surface area (Å²) in [5.74, 6) is 0. The van der Waals surface area contributed by atoms with Crippen LogP contribution in [0, 0.1) is 0 Å². The smallest absolute Gasteiger partial charge is 0.348 e. The van der Waals surface area contributed by atoms with Crippen LogP contribution in [0.25, 0.3) is 33.1 Å². The molecule has 102 valence electrons. The third-order valence-electron chi connectivity index (χ3n) is 3.48. The Morgan fingerprint density at radius 1 is 0.952 bits per heavy atom. The van der Waals surface area contributed by atoms with Crippen LogP contribution in [0.5, 0.6) is 0 Å². The molecule has 0 saturated heterocycles. The molecule has 0 bridgehead atoms. The van der Waals surface area contributed by atoms with E-state index in [1.165, 1.54) is 0 Å². The first-order valence-electron chi connectivity index (χ1n) is 6.43. The fourth-order valence-electron chi connectivity index (χ4n) is 2.49. The summed E-state index contributed by atoms with van der Waals surface area (Å²) in [5, 5.41) is 1.88. The number of benzene rings is 2. The van der Waals surface area contributed by atoms with Gasteiger partial charge in [-0.05, 0) is 29.8 Å². The van der Waals surface area contributed by atoms with Crippen molar-refractivity contribution in [2.24, 2.45) is 0 Å². The van der Waals surface area contributed by atoms with Crippen molar-refractivity contribution >= 4 is 33.5 Å². The average molecular weight is 297 g/mol. The topological polar surface area (TPSA) is 43.4 Å². The molecule has 0 amide bonds. The quantitative estimate of drug-likeness (QED) is 0.471. The van der Waals surface area contributed by atoms with Gasteiger partial charge in [0.15, 0.2) is 5.58 Å². The van der Waals surface area contributed by atoms with Crippen molar-refractivity contribution in [3.63, 3.8) is 0 Å². The lowest BCUT2D eigenvalue weighted by Gasteiger charge is -1.99. The highest BCUT2D eigenvalue weighted by molar-refractivity contribution is 6.30. The molecule has 2 heterocycles. The lowest BCUT2D eigenvalue weighted by Crippen LogP contribution is -1.99. The Labute approximate surface area is 124 Å². The van der Waals surface area contributed by atoms with Crippen LogP contribution in [0.1, 0.15) is 0 Å². The summed E-state index contributed by atoms with van der Waals surface area (Å²) < 4.78 is 11.0. The number of fused-ring (bicyclic) bond motifs is 3. The van der Waals surface area contributed by atoms with Crippen LogP contribution in [-0.2, 0) is 0 Å². The maximum Gasteiger partial charge on any atom is 0.348 e. The molecular weight excluding hydrogens is 288 g/mol. The molecule has 0 unspecified atom stereocenters. The number of rotatable bonds is 1. The molecule has 0 radical (unpaired) electrons. The fraction of sp³-hybridized carbons (Fsp3) is 0. The Morgan fingerprint density at radius 2 is 1.71 bits per heavy atom. The molecule has 0 spiro atoms. The van der Waals surface area contributed by atoms with Gasteiger partial charge in [-0.1, -0.05) is 35.9 Å². The van der Waals surface area contributed by atoms with Gasteiger partial charge in [0.25, 0.3) is 0 Å². The van der Waals surface area contributed by atoms with E-state index in [1.807, 2.05) is 30.3 Å². The largest absolute Gasteiger partial charge is 0.463 e. The third kappa shape index (κ3) is 1.86. The first-order valence-corrected chi connectivity index (χ1v) is 6.81. The van der Waals surface area contributed by atoms with E-state index >= 15 is 0 Å². The van der Waals surface area contributed by atoms with Gasteiger partial charge >= 0.3 is 5.63 Å². The predicted octanol–water partition coefficient (Wildman–Crippen LogP) is 4.86. The zero-order chi connectivity index (χ0) is 14.4. The Morgan fingerprint density at radius 3 is 2.52 bits per heavy atom. The second-order valence-corrected chi connectivity index (χ2v) is 5.18. The Bertz CT molecular complexity index is 1010. The van der Waals surface area contributed by atoms with Gasteiger partial charge in [-0.15, -0.1) is 0 Å². The van der Waals surface area contributed by atoms with Crippen molar-refractivity contribution < 1.29 is 8.83 Å². The minimum absolute atomic E-state index is 0.401. The summed E-state index contributed by atoms with van der Waals surface area (Å²) in [6.07, 6.45) is 1.58. The molecule has 0 fully saturated rings. The molecule has 2 aromatic carbocycles. The van der Waals surface area contributed by atoms with E-state index in [-0.39, 0.29) is 0 Å².